The third-order valence-electron chi connectivity index (χ3n) is 6.77. The minimum Gasteiger partial charge on any atom is -0.494 e. The van der Waals surface area contributed by atoms with Crippen LogP contribution in [-0.4, -0.2) is 50.3 Å². The molecule has 1 aliphatic heterocycles. The molecule has 0 fully saturated rings. The Bertz CT molecular complexity index is 1860. The molecule has 0 aliphatic carbocycles. The van der Waals surface area contributed by atoms with Crippen molar-refractivity contribution >= 4 is 47.4 Å². The summed E-state index contributed by atoms with van der Waals surface area (Å²) in [6.07, 6.45) is 3.72. The first kappa shape index (κ1) is 38.1. The van der Waals surface area contributed by atoms with E-state index in [0.717, 1.165) is 29.6 Å². The summed E-state index contributed by atoms with van der Waals surface area (Å²) in [5, 5.41) is 19.0. The van der Waals surface area contributed by atoms with E-state index in [-0.39, 0.29) is 40.8 Å². The van der Waals surface area contributed by atoms with Crippen molar-refractivity contribution in [3.05, 3.63) is 94.3 Å². The molecule has 3 aromatic rings. The topological polar surface area (TPSA) is 171 Å². The number of fused-ring (bicyclic) bond motifs is 1. The second-order valence-corrected chi connectivity index (χ2v) is 12.8. The van der Waals surface area contributed by atoms with Crippen molar-refractivity contribution in [3.8, 4) is 35.1 Å². The molecule has 12 nitrogen and oxygen atoms in total. The number of allylic oxidation sites excluding steroid dienone is 1. The van der Waals surface area contributed by atoms with Gasteiger partial charge in [-0.05, 0) is 86.3 Å². The molecular weight excluding hydrogens is 697 g/mol. The van der Waals surface area contributed by atoms with E-state index < -0.39 is 17.9 Å². The van der Waals surface area contributed by atoms with Gasteiger partial charge in [0.05, 0.1) is 51.6 Å². The van der Waals surface area contributed by atoms with Crippen LogP contribution in [0.15, 0.2) is 92.9 Å². The quantitative estimate of drug-likeness (QED) is 0.0449. The molecule has 0 N–H and O–H groups in total. The van der Waals surface area contributed by atoms with Crippen LogP contribution in [0.25, 0.3) is 0 Å². The lowest BCUT2D eigenvalue weighted by Gasteiger charge is -2.12. The van der Waals surface area contributed by atoms with E-state index in [1.165, 1.54) is 19.1 Å². The standard InChI is InChI=1S/C37H32N2O10S2/c1-3-32(41)47-21-7-6-20-46-29-14-10-26(11-15-29)36(43)49-31-17-16-30(33-34(31)51-37(50-33)27(22-38)23-39)48-35(42)25-8-12-28(13-9-25)45-19-5-4-18-44-24(2)40/h3,8-17H,1,4-7,18-21H2,2H3. The molecule has 0 amide bonds. The zero-order chi connectivity index (χ0) is 36.6. The molecule has 0 atom stereocenters. The number of carbonyl (C=O) groups excluding carboxylic acids is 4. The highest BCUT2D eigenvalue weighted by Crippen LogP contribution is 2.59. The minimum atomic E-state index is -0.659. The van der Waals surface area contributed by atoms with Crippen LogP contribution < -0.4 is 18.9 Å². The number of benzene rings is 3. The van der Waals surface area contributed by atoms with Crippen LogP contribution in [0.2, 0.25) is 0 Å². The van der Waals surface area contributed by atoms with Crippen molar-refractivity contribution in [2.75, 3.05) is 26.4 Å². The molecule has 0 unspecified atom stereocenters. The Kier molecular flexibility index (Phi) is 14.6. The average Bonchev–Trinajstić information content (AvgIpc) is 3.59. The molecule has 14 heteroatoms. The van der Waals surface area contributed by atoms with Crippen molar-refractivity contribution in [2.24, 2.45) is 0 Å². The third-order valence-corrected chi connectivity index (χ3v) is 9.40. The number of unbranched alkanes of at least 4 members (excludes halogenated alkanes) is 2. The fourth-order valence-corrected chi connectivity index (χ4v) is 6.71. The highest BCUT2D eigenvalue weighted by molar-refractivity contribution is 8.24. The SMILES string of the molecule is C=CC(=O)OCCCCOc1ccc(C(=O)Oc2ccc(OC(=O)c3ccc(OCCCCOC(C)=O)cc3)c3c2SC(=C(C#N)C#N)S3)cc1. The van der Waals surface area contributed by atoms with Crippen molar-refractivity contribution in [1.82, 2.24) is 0 Å². The second kappa shape index (κ2) is 19.5. The first-order chi connectivity index (χ1) is 24.7. The molecule has 0 saturated carbocycles. The van der Waals surface area contributed by atoms with Crippen LogP contribution in [0.1, 0.15) is 53.3 Å². The molecule has 1 aliphatic rings. The third kappa shape index (κ3) is 11.4. The van der Waals surface area contributed by atoms with Gasteiger partial charge in [0, 0.05) is 13.0 Å². The van der Waals surface area contributed by atoms with Crippen LogP contribution in [0.4, 0.5) is 0 Å². The van der Waals surface area contributed by atoms with Crippen molar-refractivity contribution in [3.63, 3.8) is 0 Å². The first-order valence-electron chi connectivity index (χ1n) is 15.6. The monoisotopic (exact) mass is 728 g/mol. The zero-order valence-electron chi connectivity index (χ0n) is 27.5. The van der Waals surface area contributed by atoms with E-state index in [9.17, 15) is 29.7 Å². The fraction of sp³-hybridized carbons (Fsp3) is 0.243. The van der Waals surface area contributed by atoms with Gasteiger partial charge in [-0.25, -0.2) is 14.4 Å². The molecule has 1 heterocycles. The molecule has 51 heavy (non-hydrogen) atoms. The van der Waals surface area contributed by atoms with Gasteiger partial charge in [0.1, 0.15) is 40.7 Å². The van der Waals surface area contributed by atoms with E-state index in [4.69, 9.17) is 28.4 Å². The van der Waals surface area contributed by atoms with Gasteiger partial charge in [-0.15, -0.1) is 0 Å². The van der Waals surface area contributed by atoms with Gasteiger partial charge >= 0.3 is 23.9 Å². The van der Waals surface area contributed by atoms with Gasteiger partial charge in [0.15, 0.2) is 0 Å². The van der Waals surface area contributed by atoms with Crippen molar-refractivity contribution in [2.45, 2.75) is 42.4 Å². The molecule has 0 aromatic heterocycles. The number of ether oxygens (including phenoxy) is 6. The number of hydrogen-bond donors (Lipinski definition) is 0. The van der Waals surface area contributed by atoms with Crippen LogP contribution in [0, 0.1) is 22.7 Å². The molecule has 3 aromatic carbocycles. The number of hydrogen-bond acceptors (Lipinski definition) is 14. The Balaban J connectivity index is 1.39. The van der Waals surface area contributed by atoms with E-state index in [1.54, 1.807) is 48.5 Å². The maximum Gasteiger partial charge on any atom is 0.343 e. The Morgan fingerprint density at radius 1 is 0.667 bits per heavy atom. The average molecular weight is 729 g/mol. The Morgan fingerprint density at radius 2 is 1.10 bits per heavy atom. The smallest absolute Gasteiger partial charge is 0.343 e. The summed E-state index contributed by atoms with van der Waals surface area (Å²) in [6, 6.07) is 19.5. The summed E-state index contributed by atoms with van der Waals surface area (Å²) in [7, 11) is 0. The maximum absolute atomic E-state index is 13.1. The molecule has 0 saturated heterocycles. The van der Waals surface area contributed by atoms with Gasteiger partial charge < -0.3 is 28.4 Å². The largest absolute Gasteiger partial charge is 0.494 e. The van der Waals surface area contributed by atoms with Gasteiger partial charge in [-0.3, -0.25) is 4.79 Å². The van der Waals surface area contributed by atoms with E-state index >= 15 is 0 Å². The summed E-state index contributed by atoms with van der Waals surface area (Å²) >= 11 is 2.13. The summed E-state index contributed by atoms with van der Waals surface area (Å²) in [5.74, 6) is -0.707. The van der Waals surface area contributed by atoms with Crippen molar-refractivity contribution < 1.29 is 47.6 Å². The van der Waals surface area contributed by atoms with E-state index in [0.29, 0.717) is 71.0 Å². The van der Waals surface area contributed by atoms with Gasteiger partial charge in [0.25, 0.3) is 0 Å². The lowest BCUT2D eigenvalue weighted by molar-refractivity contribution is -0.141. The minimum absolute atomic E-state index is 0.133. The molecule has 0 radical (unpaired) electrons. The lowest BCUT2D eigenvalue weighted by atomic mass is 10.2. The zero-order valence-corrected chi connectivity index (χ0v) is 29.1. The van der Waals surface area contributed by atoms with E-state index in [1.807, 2.05) is 12.1 Å². The molecular formula is C37H32N2O10S2. The molecule has 262 valence electrons. The number of carbonyl (C=O) groups is 4. The normalized spacial score (nSPS) is 11.2. The van der Waals surface area contributed by atoms with Gasteiger partial charge in [0.2, 0.25) is 0 Å². The van der Waals surface area contributed by atoms with Gasteiger partial charge in [-0.1, -0.05) is 30.1 Å². The second-order valence-electron chi connectivity index (χ2n) is 10.5. The Hall–Kier alpha value is -5.70. The summed E-state index contributed by atoms with van der Waals surface area (Å²) in [6.45, 7) is 6.08. The van der Waals surface area contributed by atoms with Crippen LogP contribution in [0.5, 0.6) is 23.0 Å². The van der Waals surface area contributed by atoms with Crippen LogP contribution >= 0.6 is 23.5 Å². The summed E-state index contributed by atoms with van der Waals surface area (Å²) in [4.78, 5) is 49.0. The van der Waals surface area contributed by atoms with Crippen LogP contribution in [0.3, 0.4) is 0 Å². The maximum atomic E-state index is 13.1. The predicted octanol–water partition coefficient (Wildman–Crippen LogP) is 7.19. The fourth-order valence-electron chi connectivity index (χ4n) is 4.23. The number of thioether (sulfide) groups is 2. The van der Waals surface area contributed by atoms with E-state index in [2.05, 4.69) is 6.58 Å². The first-order valence-corrected chi connectivity index (χ1v) is 17.3. The number of esters is 4. The predicted molar refractivity (Wildman–Crippen MR) is 186 cm³/mol. The lowest BCUT2D eigenvalue weighted by Crippen LogP contribution is -2.11. The molecule has 0 bridgehead atoms. The van der Waals surface area contributed by atoms with Gasteiger partial charge in [-0.2, -0.15) is 10.5 Å². The summed E-state index contributed by atoms with van der Waals surface area (Å²) in [5.41, 5.74) is 0.369. The number of nitriles is 2. The highest BCUT2D eigenvalue weighted by atomic mass is 32.2. The van der Waals surface area contributed by atoms with Crippen LogP contribution in [-0.2, 0) is 19.1 Å². The number of rotatable bonds is 17. The highest BCUT2D eigenvalue weighted by Gasteiger charge is 2.30. The Labute approximate surface area is 302 Å². The molecule has 0 spiro atoms. The number of nitrogens with zero attached hydrogens (tertiary/aromatic N) is 2. The molecule has 4 rings (SSSR count). The summed E-state index contributed by atoms with van der Waals surface area (Å²) < 4.78 is 33.0. The van der Waals surface area contributed by atoms with Crippen molar-refractivity contribution in [1.29, 1.82) is 10.5 Å². The Morgan fingerprint density at radius 3 is 1.51 bits per heavy atom.